The van der Waals surface area contributed by atoms with Gasteiger partial charge in [-0.2, -0.15) is 0 Å². The van der Waals surface area contributed by atoms with E-state index in [-0.39, 0.29) is 5.54 Å². The summed E-state index contributed by atoms with van der Waals surface area (Å²) >= 11 is 5.55. The number of nitrogens with one attached hydrogen (secondary N) is 2. The zero-order valence-electron chi connectivity index (χ0n) is 12.9. The minimum Gasteiger partial charge on any atom is -0.353 e. The van der Waals surface area contributed by atoms with E-state index in [1.807, 2.05) is 30.3 Å². The Labute approximate surface area is 137 Å². The average molecular weight is 310 g/mol. The van der Waals surface area contributed by atoms with E-state index in [1.54, 1.807) is 0 Å². The number of para-hydroxylation sites is 1. The van der Waals surface area contributed by atoms with Crippen LogP contribution in [0, 0.1) is 6.92 Å². The number of benzene rings is 2. The molecule has 2 aromatic carbocycles. The SMILES string of the molecule is Cc1ccc(C2(NC(=S)Nc3ccccc3)CCCC2)cc1. The Balaban J connectivity index is 1.77. The van der Waals surface area contributed by atoms with E-state index in [4.69, 9.17) is 12.2 Å². The quantitative estimate of drug-likeness (QED) is 0.800. The highest BCUT2D eigenvalue weighted by atomic mass is 32.1. The summed E-state index contributed by atoms with van der Waals surface area (Å²) in [6.07, 6.45) is 4.75. The van der Waals surface area contributed by atoms with E-state index in [9.17, 15) is 0 Å². The second-order valence-corrected chi connectivity index (χ2v) is 6.51. The molecule has 1 fully saturated rings. The first-order valence-corrected chi connectivity index (χ1v) is 8.30. The van der Waals surface area contributed by atoms with Crippen molar-refractivity contribution in [2.45, 2.75) is 38.1 Å². The highest BCUT2D eigenvalue weighted by Gasteiger charge is 2.36. The van der Waals surface area contributed by atoms with E-state index in [0.29, 0.717) is 5.11 Å². The monoisotopic (exact) mass is 310 g/mol. The van der Waals surface area contributed by atoms with Crippen LogP contribution in [0.1, 0.15) is 36.8 Å². The van der Waals surface area contributed by atoms with Crippen LogP contribution < -0.4 is 10.6 Å². The molecule has 0 radical (unpaired) electrons. The fourth-order valence-electron chi connectivity index (χ4n) is 3.24. The number of rotatable bonds is 3. The summed E-state index contributed by atoms with van der Waals surface area (Å²) in [7, 11) is 0. The van der Waals surface area contributed by atoms with Crippen LogP contribution >= 0.6 is 12.2 Å². The number of hydrogen-bond acceptors (Lipinski definition) is 1. The summed E-state index contributed by atoms with van der Waals surface area (Å²) < 4.78 is 0. The lowest BCUT2D eigenvalue weighted by Gasteiger charge is -2.32. The van der Waals surface area contributed by atoms with E-state index in [0.717, 1.165) is 18.5 Å². The lowest BCUT2D eigenvalue weighted by Crippen LogP contribution is -2.45. The Kier molecular flexibility index (Phi) is 4.44. The molecule has 0 atom stereocenters. The Bertz CT molecular complexity index is 628. The molecule has 1 saturated carbocycles. The lowest BCUT2D eigenvalue weighted by atomic mass is 9.88. The van der Waals surface area contributed by atoms with Crippen molar-refractivity contribution in [2.75, 3.05) is 5.32 Å². The topological polar surface area (TPSA) is 24.1 Å². The normalized spacial score (nSPS) is 16.2. The molecule has 0 amide bonds. The zero-order chi connectivity index (χ0) is 15.4. The summed E-state index contributed by atoms with van der Waals surface area (Å²) in [5.41, 5.74) is 3.64. The van der Waals surface area contributed by atoms with Gasteiger partial charge in [0.25, 0.3) is 0 Å². The minimum atomic E-state index is -0.0213. The fourth-order valence-corrected chi connectivity index (χ4v) is 3.55. The van der Waals surface area contributed by atoms with Gasteiger partial charge in [-0.25, -0.2) is 0 Å². The molecule has 0 aliphatic heterocycles. The Morgan fingerprint density at radius 2 is 1.59 bits per heavy atom. The van der Waals surface area contributed by atoms with Crippen molar-refractivity contribution in [3.63, 3.8) is 0 Å². The first kappa shape index (κ1) is 15.0. The van der Waals surface area contributed by atoms with Crippen LogP contribution in [0.3, 0.4) is 0 Å². The van der Waals surface area contributed by atoms with E-state index in [1.165, 1.54) is 24.0 Å². The summed E-state index contributed by atoms with van der Waals surface area (Å²) in [5.74, 6) is 0. The van der Waals surface area contributed by atoms with Crippen LogP contribution in [0.15, 0.2) is 54.6 Å². The average Bonchev–Trinajstić information content (AvgIpc) is 2.98. The van der Waals surface area contributed by atoms with Crippen LogP contribution in [-0.4, -0.2) is 5.11 Å². The van der Waals surface area contributed by atoms with Crippen molar-refractivity contribution >= 4 is 23.0 Å². The maximum Gasteiger partial charge on any atom is 0.171 e. The molecule has 0 aromatic heterocycles. The molecule has 0 heterocycles. The van der Waals surface area contributed by atoms with Crippen molar-refractivity contribution in [2.24, 2.45) is 0 Å². The van der Waals surface area contributed by atoms with Gasteiger partial charge in [0.15, 0.2) is 5.11 Å². The molecule has 0 spiro atoms. The Morgan fingerprint density at radius 3 is 2.23 bits per heavy atom. The first-order chi connectivity index (χ1) is 10.7. The van der Waals surface area contributed by atoms with Gasteiger partial charge in [0.1, 0.15) is 0 Å². The standard InChI is InChI=1S/C19H22N2S/c1-15-9-11-16(12-10-15)19(13-5-6-14-19)21-18(22)20-17-7-3-2-4-8-17/h2-4,7-12H,5-6,13-14H2,1H3,(H2,20,21,22). The summed E-state index contributed by atoms with van der Waals surface area (Å²) in [6.45, 7) is 2.13. The molecular weight excluding hydrogens is 288 g/mol. The van der Waals surface area contributed by atoms with E-state index >= 15 is 0 Å². The van der Waals surface area contributed by atoms with Crippen LogP contribution in [0.5, 0.6) is 0 Å². The van der Waals surface area contributed by atoms with Gasteiger partial charge in [0, 0.05) is 5.69 Å². The highest BCUT2D eigenvalue weighted by molar-refractivity contribution is 7.80. The Hall–Kier alpha value is -1.87. The smallest absolute Gasteiger partial charge is 0.171 e. The third-order valence-electron chi connectivity index (χ3n) is 4.45. The maximum atomic E-state index is 5.55. The molecule has 3 rings (SSSR count). The van der Waals surface area contributed by atoms with Crippen LogP contribution in [0.4, 0.5) is 5.69 Å². The minimum absolute atomic E-state index is 0.0213. The van der Waals surface area contributed by atoms with E-state index in [2.05, 4.69) is 41.8 Å². The van der Waals surface area contributed by atoms with Crippen molar-refractivity contribution < 1.29 is 0 Å². The van der Waals surface area contributed by atoms with Crippen LogP contribution in [0.2, 0.25) is 0 Å². The third kappa shape index (κ3) is 3.30. The zero-order valence-corrected chi connectivity index (χ0v) is 13.7. The van der Waals surface area contributed by atoms with Crippen LogP contribution in [0.25, 0.3) is 0 Å². The number of hydrogen-bond donors (Lipinski definition) is 2. The fraction of sp³-hybridized carbons (Fsp3) is 0.316. The predicted molar refractivity (Wildman–Crippen MR) is 97.1 cm³/mol. The molecular formula is C19H22N2S. The highest BCUT2D eigenvalue weighted by Crippen LogP contribution is 2.38. The molecule has 2 N–H and O–H groups in total. The summed E-state index contributed by atoms with van der Waals surface area (Å²) in [5, 5.41) is 7.59. The predicted octanol–water partition coefficient (Wildman–Crippen LogP) is 4.75. The molecule has 114 valence electrons. The van der Waals surface area contributed by atoms with Crippen molar-refractivity contribution in [1.82, 2.24) is 5.32 Å². The number of anilines is 1. The van der Waals surface area contributed by atoms with E-state index < -0.39 is 0 Å². The van der Waals surface area contributed by atoms with Gasteiger partial charge in [0.2, 0.25) is 0 Å². The molecule has 1 aliphatic carbocycles. The largest absolute Gasteiger partial charge is 0.353 e. The molecule has 0 bridgehead atoms. The second-order valence-electron chi connectivity index (χ2n) is 6.10. The van der Waals surface area contributed by atoms with Gasteiger partial charge in [-0.1, -0.05) is 60.9 Å². The van der Waals surface area contributed by atoms with Crippen molar-refractivity contribution in [3.05, 3.63) is 65.7 Å². The molecule has 1 aliphatic rings. The lowest BCUT2D eigenvalue weighted by molar-refractivity contribution is 0.408. The molecule has 0 saturated heterocycles. The second kappa shape index (κ2) is 6.49. The Morgan fingerprint density at radius 1 is 0.955 bits per heavy atom. The maximum absolute atomic E-state index is 5.55. The first-order valence-electron chi connectivity index (χ1n) is 7.89. The van der Waals surface area contributed by atoms with Gasteiger partial charge in [-0.15, -0.1) is 0 Å². The third-order valence-corrected chi connectivity index (χ3v) is 4.65. The molecule has 22 heavy (non-hydrogen) atoms. The molecule has 0 unspecified atom stereocenters. The molecule has 3 heteroatoms. The molecule has 2 nitrogen and oxygen atoms in total. The van der Waals surface area contributed by atoms with Crippen LogP contribution in [-0.2, 0) is 5.54 Å². The van der Waals surface area contributed by atoms with Crippen molar-refractivity contribution in [3.8, 4) is 0 Å². The van der Waals surface area contributed by atoms with Gasteiger partial charge < -0.3 is 10.6 Å². The van der Waals surface area contributed by atoms with Gasteiger partial charge >= 0.3 is 0 Å². The van der Waals surface area contributed by atoms with Gasteiger partial charge in [0.05, 0.1) is 5.54 Å². The number of thiocarbonyl (C=S) groups is 1. The summed E-state index contributed by atoms with van der Waals surface area (Å²) in [4.78, 5) is 0. The van der Waals surface area contributed by atoms with Gasteiger partial charge in [-0.3, -0.25) is 0 Å². The van der Waals surface area contributed by atoms with Gasteiger partial charge in [-0.05, 0) is 49.7 Å². The molecule has 2 aromatic rings. The number of aryl methyl sites for hydroxylation is 1. The van der Waals surface area contributed by atoms with Crippen molar-refractivity contribution in [1.29, 1.82) is 0 Å². The summed E-state index contributed by atoms with van der Waals surface area (Å²) in [6, 6.07) is 18.9.